The molecule has 1 N–H and O–H groups in total. The number of aromatic carboxylic acids is 1. The van der Waals surface area contributed by atoms with Crippen LogP contribution < -0.4 is 0 Å². The van der Waals surface area contributed by atoms with Crippen molar-refractivity contribution in [2.24, 2.45) is 0 Å². The van der Waals surface area contributed by atoms with E-state index in [0.29, 0.717) is 0 Å². The maximum absolute atomic E-state index is 11.0. The lowest BCUT2D eigenvalue weighted by Gasteiger charge is -2.04. The minimum absolute atomic E-state index is 0.265. The molecule has 0 radical (unpaired) electrons. The third kappa shape index (κ3) is 2.36. The number of hydrogen-bond acceptors (Lipinski definition) is 3. The van der Waals surface area contributed by atoms with E-state index in [2.05, 4.69) is 31.5 Å². The van der Waals surface area contributed by atoms with Gasteiger partial charge in [-0.1, -0.05) is 0 Å². The van der Waals surface area contributed by atoms with E-state index in [9.17, 15) is 4.79 Å². The van der Waals surface area contributed by atoms with Crippen LogP contribution in [0.1, 0.15) is 21.1 Å². The monoisotopic (exact) mass is 350 g/mol. The summed E-state index contributed by atoms with van der Waals surface area (Å²) in [5, 5.41) is 11.1. The van der Waals surface area contributed by atoms with Gasteiger partial charge in [0.25, 0.3) is 0 Å². The fourth-order valence-electron chi connectivity index (χ4n) is 2.18. The molecule has 3 rings (SSSR count). The molecular weight excluding hydrogens is 340 g/mol. The zero-order valence-electron chi connectivity index (χ0n) is 10.6. The van der Waals surface area contributed by atoms with Crippen molar-refractivity contribution in [2.45, 2.75) is 13.5 Å². The highest BCUT2D eigenvalue weighted by Crippen LogP contribution is 2.24. The Balaban J connectivity index is 2.06. The van der Waals surface area contributed by atoms with Gasteiger partial charge in [0.15, 0.2) is 0 Å². The normalized spacial score (nSPS) is 11.1. The van der Waals surface area contributed by atoms with Gasteiger partial charge < -0.3 is 9.67 Å². The third-order valence-electron chi connectivity index (χ3n) is 3.12. The zero-order valence-corrected chi connectivity index (χ0v) is 13.0. The molecule has 2 aromatic heterocycles. The number of aromatic nitrogens is 2. The van der Waals surface area contributed by atoms with E-state index in [4.69, 9.17) is 5.11 Å². The molecular formula is C14H11BrN2O2S. The molecule has 0 aliphatic heterocycles. The third-order valence-corrected chi connectivity index (χ3v) is 4.80. The highest BCUT2D eigenvalue weighted by Gasteiger charge is 2.11. The van der Waals surface area contributed by atoms with E-state index in [1.165, 1.54) is 4.88 Å². The Kier molecular flexibility index (Phi) is 3.35. The van der Waals surface area contributed by atoms with E-state index in [0.717, 1.165) is 27.9 Å². The number of fused-ring (bicyclic) bond motifs is 1. The smallest absolute Gasteiger partial charge is 0.335 e. The number of imidazole rings is 1. The zero-order chi connectivity index (χ0) is 14.3. The lowest BCUT2D eigenvalue weighted by Crippen LogP contribution is -2.00. The maximum atomic E-state index is 11.0. The van der Waals surface area contributed by atoms with Crippen LogP contribution in [0, 0.1) is 6.92 Å². The topological polar surface area (TPSA) is 55.1 Å². The van der Waals surface area contributed by atoms with Gasteiger partial charge in [0.2, 0.25) is 0 Å². The summed E-state index contributed by atoms with van der Waals surface area (Å²) < 4.78 is 3.17. The van der Waals surface area contributed by atoms with Gasteiger partial charge in [0.05, 0.1) is 23.1 Å². The Labute approximate surface area is 127 Å². The van der Waals surface area contributed by atoms with Gasteiger partial charge in [0.1, 0.15) is 5.82 Å². The van der Waals surface area contributed by atoms with Crippen LogP contribution in [0.5, 0.6) is 0 Å². The SMILES string of the molecule is Cc1nc2cc(C(=O)O)ccc2n1Cc1cc(Br)cs1. The number of hydrogen-bond donors (Lipinski definition) is 1. The van der Waals surface area contributed by atoms with Crippen LogP contribution in [-0.2, 0) is 6.54 Å². The Morgan fingerprint density at radius 1 is 1.45 bits per heavy atom. The van der Waals surface area contributed by atoms with Crippen molar-refractivity contribution in [1.82, 2.24) is 9.55 Å². The van der Waals surface area contributed by atoms with Gasteiger partial charge in [-0.05, 0) is 47.1 Å². The summed E-state index contributed by atoms with van der Waals surface area (Å²) in [6, 6.07) is 7.14. The number of benzene rings is 1. The van der Waals surface area contributed by atoms with Crippen LogP contribution in [0.4, 0.5) is 0 Å². The molecule has 2 heterocycles. The largest absolute Gasteiger partial charge is 0.478 e. The molecule has 102 valence electrons. The van der Waals surface area contributed by atoms with E-state index in [1.54, 1.807) is 23.5 Å². The van der Waals surface area contributed by atoms with Crippen LogP contribution in [0.25, 0.3) is 11.0 Å². The van der Waals surface area contributed by atoms with Crippen molar-refractivity contribution >= 4 is 44.3 Å². The standard InChI is InChI=1S/C14H11BrN2O2S/c1-8-16-12-4-9(14(18)19)2-3-13(12)17(8)6-11-5-10(15)7-20-11/h2-5,7H,6H2,1H3,(H,18,19). The number of nitrogens with zero attached hydrogens (tertiary/aromatic N) is 2. The molecule has 0 saturated heterocycles. The van der Waals surface area contributed by atoms with E-state index < -0.39 is 5.97 Å². The predicted molar refractivity (Wildman–Crippen MR) is 82.6 cm³/mol. The predicted octanol–water partition coefficient (Wildman–Crippen LogP) is 3.92. The number of rotatable bonds is 3. The summed E-state index contributed by atoms with van der Waals surface area (Å²) in [5.41, 5.74) is 1.94. The van der Waals surface area contributed by atoms with E-state index in [-0.39, 0.29) is 5.56 Å². The van der Waals surface area contributed by atoms with Crippen LogP contribution in [-0.4, -0.2) is 20.6 Å². The second-order valence-corrected chi connectivity index (χ2v) is 6.40. The van der Waals surface area contributed by atoms with Gasteiger partial charge in [-0.3, -0.25) is 0 Å². The van der Waals surface area contributed by atoms with Crippen molar-refractivity contribution in [2.75, 3.05) is 0 Å². The molecule has 6 heteroatoms. The molecule has 0 amide bonds. The first-order valence-corrected chi connectivity index (χ1v) is 7.65. The Morgan fingerprint density at radius 2 is 2.25 bits per heavy atom. The van der Waals surface area contributed by atoms with Crippen LogP contribution >= 0.6 is 27.3 Å². The first-order chi connectivity index (χ1) is 9.54. The summed E-state index contributed by atoms with van der Waals surface area (Å²) in [6.07, 6.45) is 0. The average molecular weight is 351 g/mol. The minimum Gasteiger partial charge on any atom is -0.478 e. The summed E-state index contributed by atoms with van der Waals surface area (Å²) in [4.78, 5) is 16.7. The first kappa shape index (κ1) is 13.3. The summed E-state index contributed by atoms with van der Waals surface area (Å²) >= 11 is 5.13. The van der Waals surface area contributed by atoms with E-state index in [1.807, 2.05) is 18.4 Å². The molecule has 0 bridgehead atoms. The number of aryl methyl sites for hydroxylation is 1. The molecule has 0 unspecified atom stereocenters. The fraction of sp³-hybridized carbons (Fsp3) is 0.143. The molecule has 0 aliphatic carbocycles. The molecule has 4 nitrogen and oxygen atoms in total. The fourth-order valence-corrected chi connectivity index (χ4v) is 3.61. The molecule has 3 aromatic rings. The Hall–Kier alpha value is -1.66. The summed E-state index contributed by atoms with van der Waals surface area (Å²) in [6.45, 7) is 2.67. The second kappa shape index (κ2) is 5.03. The van der Waals surface area contributed by atoms with Crippen molar-refractivity contribution < 1.29 is 9.90 Å². The quantitative estimate of drug-likeness (QED) is 0.778. The highest BCUT2D eigenvalue weighted by molar-refractivity contribution is 9.10. The first-order valence-electron chi connectivity index (χ1n) is 5.97. The van der Waals surface area contributed by atoms with Gasteiger partial charge in [-0.15, -0.1) is 11.3 Å². The van der Waals surface area contributed by atoms with Crippen molar-refractivity contribution in [3.05, 3.63) is 50.4 Å². The molecule has 0 saturated carbocycles. The maximum Gasteiger partial charge on any atom is 0.335 e. The van der Waals surface area contributed by atoms with Gasteiger partial charge in [0, 0.05) is 14.7 Å². The van der Waals surface area contributed by atoms with Crippen LogP contribution in [0.15, 0.2) is 34.1 Å². The van der Waals surface area contributed by atoms with Gasteiger partial charge >= 0.3 is 5.97 Å². The number of thiophene rings is 1. The van der Waals surface area contributed by atoms with Crippen molar-refractivity contribution in [3.8, 4) is 0 Å². The lowest BCUT2D eigenvalue weighted by molar-refractivity contribution is 0.0697. The number of carbonyl (C=O) groups is 1. The Bertz CT molecular complexity index is 807. The van der Waals surface area contributed by atoms with E-state index >= 15 is 0 Å². The minimum atomic E-state index is -0.929. The molecule has 20 heavy (non-hydrogen) atoms. The molecule has 0 fully saturated rings. The molecule has 0 atom stereocenters. The average Bonchev–Trinajstić information content (AvgIpc) is 2.94. The molecule has 1 aromatic carbocycles. The van der Waals surface area contributed by atoms with Crippen LogP contribution in [0.2, 0.25) is 0 Å². The Morgan fingerprint density at radius 3 is 2.90 bits per heavy atom. The van der Waals surface area contributed by atoms with Crippen LogP contribution in [0.3, 0.4) is 0 Å². The number of carboxylic acid groups (broad SMARTS) is 1. The lowest BCUT2D eigenvalue weighted by atomic mass is 10.2. The summed E-state index contributed by atoms with van der Waals surface area (Å²) in [7, 11) is 0. The molecule has 0 aliphatic rings. The number of halogens is 1. The van der Waals surface area contributed by atoms with Crippen molar-refractivity contribution in [3.63, 3.8) is 0 Å². The second-order valence-electron chi connectivity index (χ2n) is 4.49. The number of carboxylic acids is 1. The highest BCUT2D eigenvalue weighted by atomic mass is 79.9. The summed E-state index contributed by atoms with van der Waals surface area (Å²) in [5.74, 6) is -0.0478. The van der Waals surface area contributed by atoms with Crippen molar-refractivity contribution in [1.29, 1.82) is 0 Å². The van der Waals surface area contributed by atoms with Gasteiger partial charge in [-0.25, -0.2) is 9.78 Å². The molecule has 0 spiro atoms. The van der Waals surface area contributed by atoms with Gasteiger partial charge in [-0.2, -0.15) is 0 Å².